The van der Waals surface area contributed by atoms with E-state index < -0.39 is 0 Å². The quantitative estimate of drug-likeness (QED) is 0.671. The van der Waals surface area contributed by atoms with Gasteiger partial charge in [-0.1, -0.05) is 24.3 Å². The predicted molar refractivity (Wildman–Crippen MR) is 98.4 cm³/mol. The fourth-order valence-corrected chi connectivity index (χ4v) is 2.74. The zero-order chi connectivity index (χ0) is 17.6. The van der Waals surface area contributed by atoms with E-state index in [2.05, 4.69) is 0 Å². The van der Waals surface area contributed by atoms with Gasteiger partial charge in [-0.15, -0.1) is 0 Å². The maximum atomic E-state index is 10.9. The van der Waals surface area contributed by atoms with Gasteiger partial charge in [0.2, 0.25) is 0 Å². The number of hydrogen-bond donors (Lipinski definition) is 2. The summed E-state index contributed by atoms with van der Waals surface area (Å²) in [5.41, 5.74) is 4.89. The van der Waals surface area contributed by atoms with Gasteiger partial charge in [-0.3, -0.25) is 4.79 Å². The van der Waals surface area contributed by atoms with Crippen LogP contribution in [0.2, 0.25) is 0 Å². The number of benzene rings is 3. The number of aliphatic hydroxyl groups is 2. The summed E-state index contributed by atoms with van der Waals surface area (Å²) in [6, 6.07) is 22.5. The molecule has 25 heavy (non-hydrogen) atoms. The lowest BCUT2D eigenvalue weighted by molar-refractivity contribution is 0.112. The van der Waals surface area contributed by atoms with Gasteiger partial charge in [0.05, 0.1) is 13.2 Å². The molecule has 3 aromatic carbocycles. The molecular formula is C21H19NO3. The number of rotatable bonds is 6. The van der Waals surface area contributed by atoms with Gasteiger partial charge in [0.1, 0.15) is 6.29 Å². The smallest absolute Gasteiger partial charge is 0.150 e. The molecule has 0 bridgehead atoms. The van der Waals surface area contributed by atoms with Crippen LogP contribution in [0.3, 0.4) is 0 Å². The third kappa shape index (κ3) is 3.76. The van der Waals surface area contributed by atoms with Crippen molar-refractivity contribution in [2.75, 3.05) is 4.90 Å². The van der Waals surface area contributed by atoms with Crippen molar-refractivity contribution in [2.45, 2.75) is 13.2 Å². The molecule has 3 rings (SSSR count). The van der Waals surface area contributed by atoms with E-state index in [9.17, 15) is 15.0 Å². The highest BCUT2D eigenvalue weighted by Gasteiger charge is 2.13. The Bertz CT molecular complexity index is 812. The lowest BCUT2D eigenvalue weighted by atomic mass is 10.1. The molecule has 0 fully saturated rings. The predicted octanol–water partition coefficient (Wildman–Crippen LogP) is 3.95. The van der Waals surface area contributed by atoms with E-state index in [0.717, 1.165) is 34.5 Å². The molecule has 0 aliphatic heterocycles. The summed E-state index contributed by atoms with van der Waals surface area (Å²) in [6.45, 7) is -0.0785. The van der Waals surface area contributed by atoms with E-state index >= 15 is 0 Å². The number of aldehydes is 1. The maximum absolute atomic E-state index is 10.9. The Morgan fingerprint density at radius 2 is 1.24 bits per heavy atom. The van der Waals surface area contributed by atoms with Crippen molar-refractivity contribution in [3.05, 3.63) is 89.5 Å². The third-order valence-corrected chi connectivity index (χ3v) is 3.99. The van der Waals surface area contributed by atoms with Crippen LogP contribution in [0.1, 0.15) is 21.5 Å². The van der Waals surface area contributed by atoms with Crippen LogP contribution in [0, 0.1) is 0 Å². The molecule has 0 saturated heterocycles. The molecular weight excluding hydrogens is 314 g/mol. The van der Waals surface area contributed by atoms with Crippen molar-refractivity contribution >= 4 is 23.3 Å². The number of aliphatic hydroxyl groups excluding tert-OH is 2. The summed E-state index contributed by atoms with van der Waals surface area (Å²) in [4.78, 5) is 12.9. The zero-order valence-corrected chi connectivity index (χ0v) is 13.7. The van der Waals surface area contributed by atoms with Gasteiger partial charge in [-0.2, -0.15) is 0 Å². The first-order valence-corrected chi connectivity index (χ1v) is 8.00. The van der Waals surface area contributed by atoms with Crippen LogP contribution in [0.4, 0.5) is 17.1 Å². The molecule has 126 valence electrons. The van der Waals surface area contributed by atoms with Crippen molar-refractivity contribution in [3.8, 4) is 0 Å². The third-order valence-electron chi connectivity index (χ3n) is 3.99. The number of nitrogens with zero attached hydrogens (tertiary/aromatic N) is 1. The number of carbonyl (C=O) groups is 1. The number of hydrogen-bond acceptors (Lipinski definition) is 4. The summed E-state index contributed by atoms with van der Waals surface area (Å²) in [7, 11) is 0. The van der Waals surface area contributed by atoms with Gasteiger partial charge in [0, 0.05) is 22.6 Å². The molecule has 0 aliphatic rings. The summed E-state index contributed by atoms with van der Waals surface area (Å²) in [6.07, 6.45) is 0.812. The van der Waals surface area contributed by atoms with Gasteiger partial charge >= 0.3 is 0 Å². The first kappa shape index (κ1) is 16.9. The van der Waals surface area contributed by atoms with Gasteiger partial charge < -0.3 is 15.1 Å². The molecule has 4 heteroatoms. The first-order valence-electron chi connectivity index (χ1n) is 8.00. The highest BCUT2D eigenvalue weighted by Crippen LogP contribution is 2.35. The van der Waals surface area contributed by atoms with Crippen LogP contribution in [-0.2, 0) is 13.2 Å². The number of anilines is 3. The molecule has 0 unspecified atom stereocenters. The van der Waals surface area contributed by atoms with E-state index in [4.69, 9.17) is 0 Å². The fourth-order valence-electron chi connectivity index (χ4n) is 2.74. The van der Waals surface area contributed by atoms with Gasteiger partial charge in [0.25, 0.3) is 0 Å². The standard InChI is InChI=1S/C21H19NO3/c23-13-16-7-9-19(10-8-16)22(20-5-1-3-17(11-20)14-24)21-6-2-4-18(12-21)15-25/h1-13,24-25H,14-15H2. The Labute approximate surface area is 146 Å². The Morgan fingerprint density at radius 3 is 1.68 bits per heavy atom. The minimum absolute atomic E-state index is 0.0392. The minimum atomic E-state index is -0.0392. The van der Waals surface area contributed by atoms with E-state index in [1.54, 1.807) is 12.1 Å². The summed E-state index contributed by atoms with van der Waals surface area (Å²) in [5, 5.41) is 18.9. The van der Waals surface area contributed by atoms with Crippen molar-refractivity contribution in [3.63, 3.8) is 0 Å². The highest BCUT2D eigenvalue weighted by atomic mass is 16.3. The fraction of sp³-hybridized carbons (Fsp3) is 0.0952. The van der Waals surface area contributed by atoms with E-state index in [0.29, 0.717) is 5.56 Å². The topological polar surface area (TPSA) is 60.8 Å². The zero-order valence-electron chi connectivity index (χ0n) is 13.7. The van der Waals surface area contributed by atoms with Crippen molar-refractivity contribution in [1.82, 2.24) is 0 Å². The average Bonchev–Trinajstić information content (AvgIpc) is 2.69. The summed E-state index contributed by atoms with van der Waals surface area (Å²) >= 11 is 0. The normalized spacial score (nSPS) is 10.5. The van der Waals surface area contributed by atoms with Gasteiger partial charge in [-0.05, 0) is 59.7 Å². The van der Waals surface area contributed by atoms with Crippen LogP contribution in [0.25, 0.3) is 0 Å². The molecule has 0 spiro atoms. The van der Waals surface area contributed by atoms with Crippen LogP contribution < -0.4 is 4.90 Å². The van der Waals surface area contributed by atoms with Crippen LogP contribution in [0.15, 0.2) is 72.8 Å². The molecule has 3 aromatic rings. The Hall–Kier alpha value is -2.95. The van der Waals surface area contributed by atoms with E-state index in [-0.39, 0.29) is 13.2 Å². The second-order valence-electron chi connectivity index (χ2n) is 5.70. The minimum Gasteiger partial charge on any atom is -0.392 e. The molecule has 0 saturated carbocycles. The summed E-state index contributed by atoms with van der Waals surface area (Å²) < 4.78 is 0. The van der Waals surface area contributed by atoms with Crippen LogP contribution >= 0.6 is 0 Å². The molecule has 4 nitrogen and oxygen atoms in total. The van der Waals surface area contributed by atoms with E-state index in [1.165, 1.54) is 0 Å². The average molecular weight is 333 g/mol. The highest BCUT2D eigenvalue weighted by molar-refractivity contribution is 5.80. The number of carbonyl (C=O) groups excluding carboxylic acids is 1. The second-order valence-corrected chi connectivity index (χ2v) is 5.70. The Kier molecular flexibility index (Phi) is 5.23. The lowest BCUT2D eigenvalue weighted by Gasteiger charge is -2.26. The Morgan fingerprint density at radius 1 is 0.720 bits per heavy atom. The maximum Gasteiger partial charge on any atom is 0.150 e. The SMILES string of the molecule is O=Cc1ccc(N(c2cccc(CO)c2)c2cccc(CO)c2)cc1. The van der Waals surface area contributed by atoms with Crippen LogP contribution in [-0.4, -0.2) is 16.5 Å². The van der Waals surface area contributed by atoms with Crippen LogP contribution in [0.5, 0.6) is 0 Å². The van der Waals surface area contributed by atoms with Gasteiger partial charge in [-0.25, -0.2) is 0 Å². The second kappa shape index (κ2) is 7.75. The monoisotopic (exact) mass is 333 g/mol. The molecule has 0 amide bonds. The molecule has 2 N–H and O–H groups in total. The van der Waals surface area contributed by atoms with Gasteiger partial charge in [0.15, 0.2) is 0 Å². The van der Waals surface area contributed by atoms with Crippen molar-refractivity contribution in [2.24, 2.45) is 0 Å². The molecule has 0 heterocycles. The van der Waals surface area contributed by atoms with Crippen molar-refractivity contribution < 1.29 is 15.0 Å². The molecule has 0 aromatic heterocycles. The summed E-state index contributed by atoms with van der Waals surface area (Å²) in [5.74, 6) is 0. The molecule has 0 aliphatic carbocycles. The molecule has 0 radical (unpaired) electrons. The largest absolute Gasteiger partial charge is 0.392 e. The molecule has 0 atom stereocenters. The van der Waals surface area contributed by atoms with Crippen molar-refractivity contribution in [1.29, 1.82) is 0 Å². The first-order chi connectivity index (χ1) is 12.2. The van der Waals surface area contributed by atoms with E-state index in [1.807, 2.05) is 65.6 Å². The Balaban J connectivity index is 2.13. The lowest BCUT2D eigenvalue weighted by Crippen LogP contribution is -2.10.